The molecule has 0 bridgehead atoms. The highest BCUT2D eigenvalue weighted by molar-refractivity contribution is 6.17. The van der Waals surface area contributed by atoms with E-state index >= 15 is 0 Å². The van der Waals surface area contributed by atoms with Crippen LogP contribution in [0, 0.1) is 0 Å². The number of carbonyl (C=O) groups is 1. The smallest absolute Gasteiger partial charge is 0.168 e. The summed E-state index contributed by atoms with van der Waals surface area (Å²) in [7, 11) is 0. The molecule has 0 fully saturated rings. The SMILES string of the molecule is CC1(C)Cc2cc(-c3ccccc3)ccc2C(CC(=O)c2ccccc2)=N1. The fourth-order valence-electron chi connectivity index (χ4n) is 3.78. The van der Waals surface area contributed by atoms with E-state index in [1.165, 1.54) is 16.7 Å². The lowest BCUT2D eigenvalue weighted by Crippen LogP contribution is -2.30. The fourth-order valence-corrected chi connectivity index (χ4v) is 3.78. The number of benzene rings is 3. The Labute approximate surface area is 160 Å². The molecular formula is C25H23NO. The zero-order valence-electron chi connectivity index (χ0n) is 15.8. The Balaban J connectivity index is 1.70. The van der Waals surface area contributed by atoms with Gasteiger partial charge in [-0.05, 0) is 42.5 Å². The van der Waals surface area contributed by atoms with Gasteiger partial charge < -0.3 is 0 Å². The Morgan fingerprint density at radius 1 is 0.889 bits per heavy atom. The zero-order valence-corrected chi connectivity index (χ0v) is 15.8. The van der Waals surface area contributed by atoms with Gasteiger partial charge in [-0.2, -0.15) is 0 Å². The first-order valence-electron chi connectivity index (χ1n) is 9.37. The van der Waals surface area contributed by atoms with E-state index in [0.29, 0.717) is 6.42 Å². The van der Waals surface area contributed by atoms with Crippen LogP contribution in [-0.2, 0) is 6.42 Å². The number of nitrogens with zero attached hydrogens (tertiary/aromatic N) is 1. The van der Waals surface area contributed by atoms with Crippen molar-refractivity contribution in [3.8, 4) is 11.1 Å². The van der Waals surface area contributed by atoms with Crippen LogP contribution in [0.25, 0.3) is 11.1 Å². The highest BCUT2D eigenvalue weighted by atomic mass is 16.1. The summed E-state index contributed by atoms with van der Waals surface area (Å²) in [5.74, 6) is 0.116. The second-order valence-corrected chi connectivity index (χ2v) is 7.75. The van der Waals surface area contributed by atoms with Gasteiger partial charge in [0.15, 0.2) is 5.78 Å². The van der Waals surface area contributed by atoms with Crippen LogP contribution >= 0.6 is 0 Å². The summed E-state index contributed by atoms with van der Waals surface area (Å²) in [5, 5.41) is 0. The van der Waals surface area contributed by atoms with Crippen molar-refractivity contribution in [1.82, 2.24) is 0 Å². The molecule has 1 aliphatic heterocycles. The highest BCUT2D eigenvalue weighted by Gasteiger charge is 2.28. The molecule has 0 saturated carbocycles. The maximum atomic E-state index is 12.7. The predicted molar refractivity (Wildman–Crippen MR) is 112 cm³/mol. The van der Waals surface area contributed by atoms with Crippen LogP contribution in [0.4, 0.5) is 0 Å². The van der Waals surface area contributed by atoms with Crippen LogP contribution < -0.4 is 0 Å². The van der Waals surface area contributed by atoms with Crippen LogP contribution in [0.1, 0.15) is 41.8 Å². The number of ketones is 1. The van der Waals surface area contributed by atoms with Crippen molar-refractivity contribution in [2.45, 2.75) is 32.2 Å². The Hall–Kier alpha value is -3.00. The molecule has 0 N–H and O–H groups in total. The van der Waals surface area contributed by atoms with Crippen molar-refractivity contribution < 1.29 is 4.79 Å². The van der Waals surface area contributed by atoms with Crippen molar-refractivity contribution in [2.75, 3.05) is 0 Å². The molecule has 0 radical (unpaired) electrons. The molecule has 2 heteroatoms. The summed E-state index contributed by atoms with van der Waals surface area (Å²) in [5.41, 5.74) is 6.24. The molecule has 1 heterocycles. The summed E-state index contributed by atoms with van der Waals surface area (Å²) in [6, 6.07) is 26.4. The van der Waals surface area contributed by atoms with E-state index in [1.807, 2.05) is 36.4 Å². The van der Waals surface area contributed by atoms with Crippen LogP contribution in [-0.4, -0.2) is 17.0 Å². The van der Waals surface area contributed by atoms with Gasteiger partial charge in [0.2, 0.25) is 0 Å². The Kier molecular flexibility index (Phi) is 4.49. The van der Waals surface area contributed by atoms with Gasteiger partial charge in [-0.25, -0.2) is 0 Å². The molecule has 0 saturated heterocycles. The quantitative estimate of drug-likeness (QED) is 0.549. The highest BCUT2D eigenvalue weighted by Crippen LogP contribution is 2.32. The number of aliphatic imine (C=N–C) groups is 1. The van der Waals surface area contributed by atoms with E-state index in [9.17, 15) is 4.79 Å². The number of fused-ring (bicyclic) bond motifs is 1. The van der Waals surface area contributed by atoms with Gasteiger partial charge in [-0.1, -0.05) is 78.9 Å². The number of Topliss-reactive ketones (excluding diaryl/α,β-unsaturated/α-hetero) is 1. The first kappa shape index (κ1) is 17.4. The number of hydrogen-bond donors (Lipinski definition) is 0. The van der Waals surface area contributed by atoms with E-state index in [-0.39, 0.29) is 11.3 Å². The summed E-state index contributed by atoms with van der Waals surface area (Å²) in [6.45, 7) is 4.27. The van der Waals surface area contributed by atoms with E-state index in [0.717, 1.165) is 23.3 Å². The van der Waals surface area contributed by atoms with Gasteiger partial charge in [0, 0.05) is 5.56 Å². The molecule has 4 rings (SSSR count). The minimum atomic E-state index is -0.200. The van der Waals surface area contributed by atoms with Gasteiger partial charge in [0.25, 0.3) is 0 Å². The summed E-state index contributed by atoms with van der Waals surface area (Å²) in [6.07, 6.45) is 1.22. The molecule has 2 nitrogen and oxygen atoms in total. The standard InChI is InChI=1S/C25H23NO/c1-25(2)17-21-15-20(18-9-5-3-6-10-18)13-14-22(21)23(26-25)16-24(27)19-11-7-4-8-12-19/h3-15H,16-17H2,1-2H3. The second-order valence-electron chi connectivity index (χ2n) is 7.75. The van der Waals surface area contributed by atoms with Crippen LogP contribution in [0.15, 0.2) is 83.9 Å². The zero-order chi connectivity index (χ0) is 18.9. The third-order valence-corrected chi connectivity index (χ3v) is 5.01. The van der Waals surface area contributed by atoms with Gasteiger partial charge in [0.05, 0.1) is 17.7 Å². The van der Waals surface area contributed by atoms with Gasteiger partial charge >= 0.3 is 0 Å². The Morgan fingerprint density at radius 2 is 1.56 bits per heavy atom. The largest absolute Gasteiger partial charge is 0.294 e. The average molecular weight is 353 g/mol. The third-order valence-electron chi connectivity index (χ3n) is 5.01. The van der Waals surface area contributed by atoms with E-state index in [2.05, 4.69) is 56.3 Å². The lowest BCUT2D eigenvalue weighted by molar-refractivity contribution is 0.100. The van der Waals surface area contributed by atoms with E-state index in [4.69, 9.17) is 4.99 Å². The number of hydrogen-bond acceptors (Lipinski definition) is 2. The molecule has 3 aromatic rings. The molecule has 0 aliphatic carbocycles. The summed E-state index contributed by atoms with van der Waals surface area (Å²) < 4.78 is 0. The molecular weight excluding hydrogens is 330 g/mol. The lowest BCUT2D eigenvalue weighted by atomic mass is 9.83. The molecule has 0 spiro atoms. The average Bonchev–Trinajstić information content (AvgIpc) is 2.68. The van der Waals surface area contributed by atoms with Crippen molar-refractivity contribution in [3.63, 3.8) is 0 Å². The summed E-state index contributed by atoms with van der Waals surface area (Å²) >= 11 is 0. The number of rotatable bonds is 4. The maximum absolute atomic E-state index is 12.7. The van der Waals surface area contributed by atoms with Crippen LogP contribution in [0.5, 0.6) is 0 Å². The fraction of sp³-hybridized carbons (Fsp3) is 0.200. The third kappa shape index (κ3) is 3.75. The Morgan fingerprint density at radius 3 is 2.26 bits per heavy atom. The monoisotopic (exact) mass is 353 g/mol. The summed E-state index contributed by atoms with van der Waals surface area (Å²) in [4.78, 5) is 17.7. The first-order valence-corrected chi connectivity index (χ1v) is 9.37. The Bertz CT molecular complexity index is 1000. The van der Waals surface area contributed by atoms with Crippen molar-refractivity contribution >= 4 is 11.5 Å². The van der Waals surface area contributed by atoms with Gasteiger partial charge in [0.1, 0.15) is 0 Å². The minimum absolute atomic E-state index is 0.116. The second kappa shape index (κ2) is 6.96. The van der Waals surface area contributed by atoms with Crippen molar-refractivity contribution in [1.29, 1.82) is 0 Å². The molecule has 3 aromatic carbocycles. The molecule has 0 atom stereocenters. The predicted octanol–water partition coefficient (Wildman–Crippen LogP) is 5.75. The number of carbonyl (C=O) groups excluding carboxylic acids is 1. The van der Waals surface area contributed by atoms with E-state index < -0.39 is 0 Å². The van der Waals surface area contributed by atoms with Crippen molar-refractivity contribution in [2.24, 2.45) is 4.99 Å². The minimum Gasteiger partial charge on any atom is -0.294 e. The molecule has 0 amide bonds. The van der Waals surface area contributed by atoms with Crippen LogP contribution in [0.2, 0.25) is 0 Å². The lowest BCUT2D eigenvalue weighted by Gasteiger charge is -2.29. The molecule has 0 unspecified atom stereocenters. The normalized spacial score (nSPS) is 15.0. The van der Waals surface area contributed by atoms with Crippen LogP contribution in [0.3, 0.4) is 0 Å². The topological polar surface area (TPSA) is 29.4 Å². The maximum Gasteiger partial charge on any atom is 0.168 e. The van der Waals surface area contributed by atoms with Gasteiger partial charge in [-0.15, -0.1) is 0 Å². The van der Waals surface area contributed by atoms with E-state index in [1.54, 1.807) is 0 Å². The first-order chi connectivity index (χ1) is 13.0. The molecule has 27 heavy (non-hydrogen) atoms. The molecule has 0 aromatic heterocycles. The molecule has 134 valence electrons. The van der Waals surface area contributed by atoms with Crippen molar-refractivity contribution in [3.05, 3.63) is 95.6 Å². The molecule has 1 aliphatic rings. The van der Waals surface area contributed by atoms with Gasteiger partial charge in [-0.3, -0.25) is 9.79 Å².